The van der Waals surface area contributed by atoms with E-state index < -0.39 is 0 Å². The molecule has 1 aromatic heterocycles. The first kappa shape index (κ1) is 17.5. The maximum absolute atomic E-state index is 12.2. The molecule has 1 fully saturated rings. The van der Waals surface area contributed by atoms with Crippen LogP contribution in [0.1, 0.15) is 38.7 Å². The number of nitrogens with one attached hydrogen (secondary N) is 2. The van der Waals surface area contributed by atoms with Crippen LogP contribution in [0.4, 0.5) is 5.13 Å². The average molecular weight is 358 g/mol. The van der Waals surface area contributed by atoms with Crippen LogP contribution in [0.15, 0.2) is 35.8 Å². The van der Waals surface area contributed by atoms with Gasteiger partial charge in [0.15, 0.2) is 0 Å². The van der Waals surface area contributed by atoms with Gasteiger partial charge in [0.05, 0.1) is 0 Å². The molecule has 1 saturated carbocycles. The molecule has 0 unspecified atom stereocenters. The lowest BCUT2D eigenvalue weighted by Crippen LogP contribution is -2.35. The van der Waals surface area contributed by atoms with E-state index in [1.807, 2.05) is 18.2 Å². The molecule has 0 saturated heterocycles. The fourth-order valence-corrected chi connectivity index (χ4v) is 3.80. The van der Waals surface area contributed by atoms with Crippen LogP contribution in [0.25, 0.3) is 0 Å². The summed E-state index contributed by atoms with van der Waals surface area (Å²) in [5, 5.41) is 13.5. The van der Waals surface area contributed by atoms with E-state index in [9.17, 15) is 9.59 Å². The number of anilines is 1. The SMILES string of the molecule is CC1(C)C[C@@]1(CNC(=O)CCC(=O)Nc1nncs1)c1ccccc1. The van der Waals surface area contributed by atoms with Crippen LogP contribution in [-0.4, -0.2) is 28.6 Å². The van der Waals surface area contributed by atoms with E-state index in [0.29, 0.717) is 11.7 Å². The van der Waals surface area contributed by atoms with Crippen molar-refractivity contribution in [2.45, 2.75) is 38.5 Å². The van der Waals surface area contributed by atoms with Gasteiger partial charge in [-0.3, -0.25) is 9.59 Å². The molecule has 1 aliphatic carbocycles. The Morgan fingerprint density at radius 3 is 2.44 bits per heavy atom. The lowest BCUT2D eigenvalue weighted by atomic mass is 9.88. The minimum absolute atomic E-state index is 0.0151. The van der Waals surface area contributed by atoms with Crippen LogP contribution < -0.4 is 10.6 Å². The lowest BCUT2D eigenvalue weighted by molar-refractivity contribution is -0.124. The van der Waals surface area contributed by atoms with Crippen LogP contribution in [0.2, 0.25) is 0 Å². The number of amides is 2. The highest BCUT2D eigenvalue weighted by Crippen LogP contribution is 2.63. The first-order valence-corrected chi connectivity index (χ1v) is 9.19. The van der Waals surface area contributed by atoms with E-state index in [1.165, 1.54) is 16.9 Å². The van der Waals surface area contributed by atoms with Crippen molar-refractivity contribution in [1.82, 2.24) is 15.5 Å². The molecule has 0 spiro atoms. The zero-order valence-electron chi connectivity index (χ0n) is 14.4. The molecule has 7 heteroatoms. The summed E-state index contributed by atoms with van der Waals surface area (Å²) < 4.78 is 0. The van der Waals surface area contributed by atoms with Crippen LogP contribution in [0, 0.1) is 5.41 Å². The second-order valence-corrected chi connectivity index (χ2v) is 7.91. The molecule has 1 aliphatic rings. The van der Waals surface area contributed by atoms with Gasteiger partial charge >= 0.3 is 0 Å². The van der Waals surface area contributed by atoms with Gasteiger partial charge in [-0.25, -0.2) is 0 Å². The maximum Gasteiger partial charge on any atom is 0.226 e. The van der Waals surface area contributed by atoms with E-state index in [1.54, 1.807) is 5.51 Å². The molecule has 1 aromatic carbocycles. The molecule has 1 atom stereocenters. The Morgan fingerprint density at radius 2 is 1.84 bits per heavy atom. The second-order valence-electron chi connectivity index (χ2n) is 7.08. The Hall–Kier alpha value is -2.28. The number of carbonyl (C=O) groups is 2. The van der Waals surface area contributed by atoms with Crippen molar-refractivity contribution in [3.8, 4) is 0 Å². The Bertz CT molecular complexity index is 746. The van der Waals surface area contributed by atoms with Crippen LogP contribution in [0.3, 0.4) is 0 Å². The predicted octanol–water partition coefficient (Wildman–Crippen LogP) is 2.74. The Labute approximate surface area is 151 Å². The summed E-state index contributed by atoms with van der Waals surface area (Å²) in [4.78, 5) is 24.0. The highest BCUT2D eigenvalue weighted by molar-refractivity contribution is 7.13. The van der Waals surface area contributed by atoms with Crippen LogP contribution >= 0.6 is 11.3 Å². The molecule has 0 bridgehead atoms. The largest absolute Gasteiger partial charge is 0.355 e. The second kappa shape index (κ2) is 6.92. The summed E-state index contributed by atoms with van der Waals surface area (Å²) in [5.74, 6) is -0.332. The highest BCUT2D eigenvalue weighted by atomic mass is 32.1. The molecule has 1 heterocycles. The maximum atomic E-state index is 12.2. The van der Waals surface area contributed by atoms with Gasteiger partial charge < -0.3 is 10.6 Å². The third-order valence-electron chi connectivity index (χ3n) is 5.01. The van der Waals surface area contributed by atoms with Crippen LogP contribution in [-0.2, 0) is 15.0 Å². The van der Waals surface area contributed by atoms with Crippen molar-refractivity contribution in [3.63, 3.8) is 0 Å². The summed E-state index contributed by atoms with van der Waals surface area (Å²) in [7, 11) is 0. The molecular formula is C18H22N4O2S. The molecule has 25 heavy (non-hydrogen) atoms. The van der Waals surface area contributed by atoms with Crippen molar-refractivity contribution >= 4 is 28.3 Å². The van der Waals surface area contributed by atoms with E-state index in [2.05, 4.69) is 46.8 Å². The number of hydrogen-bond donors (Lipinski definition) is 2. The number of carbonyl (C=O) groups excluding carboxylic acids is 2. The van der Waals surface area contributed by atoms with Gasteiger partial charge in [0.25, 0.3) is 0 Å². The lowest BCUT2D eigenvalue weighted by Gasteiger charge is -2.22. The summed E-state index contributed by atoms with van der Waals surface area (Å²) in [6, 6.07) is 10.3. The van der Waals surface area contributed by atoms with Gasteiger partial charge in [0, 0.05) is 24.8 Å². The highest BCUT2D eigenvalue weighted by Gasteiger charge is 2.61. The third-order valence-corrected chi connectivity index (χ3v) is 5.62. The van der Waals surface area contributed by atoms with E-state index in [-0.39, 0.29) is 35.5 Å². The summed E-state index contributed by atoms with van der Waals surface area (Å²) in [5.41, 5.74) is 2.95. The average Bonchev–Trinajstić information content (AvgIpc) is 2.93. The van der Waals surface area contributed by atoms with Gasteiger partial charge in [0.1, 0.15) is 5.51 Å². The first-order chi connectivity index (χ1) is 11.9. The Kier molecular flexibility index (Phi) is 4.85. The minimum Gasteiger partial charge on any atom is -0.355 e. The number of hydrogen-bond acceptors (Lipinski definition) is 5. The quantitative estimate of drug-likeness (QED) is 0.797. The third kappa shape index (κ3) is 3.87. The fourth-order valence-electron chi connectivity index (χ4n) is 3.34. The van der Waals surface area contributed by atoms with E-state index in [4.69, 9.17) is 0 Å². The molecule has 2 amide bonds. The van der Waals surface area contributed by atoms with Crippen molar-refractivity contribution in [1.29, 1.82) is 0 Å². The van der Waals surface area contributed by atoms with Crippen molar-refractivity contribution in [2.24, 2.45) is 5.41 Å². The van der Waals surface area contributed by atoms with E-state index >= 15 is 0 Å². The van der Waals surface area contributed by atoms with Gasteiger partial charge in [-0.05, 0) is 17.4 Å². The molecule has 0 aliphatic heterocycles. The molecule has 132 valence electrons. The van der Waals surface area contributed by atoms with Crippen molar-refractivity contribution in [2.75, 3.05) is 11.9 Å². The topological polar surface area (TPSA) is 84.0 Å². The minimum atomic E-state index is -0.226. The Balaban J connectivity index is 1.49. The zero-order chi connectivity index (χ0) is 17.9. The van der Waals surface area contributed by atoms with Gasteiger partial charge in [-0.2, -0.15) is 0 Å². The van der Waals surface area contributed by atoms with Crippen LogP contribution in [0.5, 0.6) is 0 Å². The number of benzene rings is 1. The molecule has 2 aromatic rings. The summed E-state index contributed by atoms with van der Waals surface area (Å²) >= 11 is 1.25. The molecule has 6 nitrogen and oxygen atoms in total. The number of rotatable bonds is 7. The number of nitrogens with zero attached hydrogens (tertiary/aromatic N) is 2. The van der Waals surface area contributed by atoms with Gasteiger partial charge in [-0.1, -0.05) is 55.5 Å². The van der Waals surface area contributed by atoms with Gasteiger partial charge in [-0.15, -0.1) is 10.2 Å². The smallest absolute Gasteiger partial charge is 0.226 e. The monoisotopic (exact) mass is 358 g/mol. The predicted molar refractivity (Wildman–Crippen MR) is 97.3 cm³/mol. The summed E-state index contributed by atoms with van der Waals surface area (Å²) in [6.07, 6.45) is 1.34. The number of aromatic nitrogens is 2. The summed E-state index contributed by atoms with van der Waals surface area (Å²) in [6.45, 7) is 5.05. The molecule has 3 rings (SSSR count). The fraction of sp³-hybridized carbons (Fsp3) is 0.444. The standard InChI is InChI=1S/C18H22N4O2S/c1-17(2)10-18(17,13-6-4-3-5-7-13)11-19-14(23)8-9-15(24)21-16-22-20-12-25-16/h3-7,12H,8-11H2,1-2H3,(H,19,23)(H,21,22,24)/t18-/m1/s1. The molecule has 0 radical (unpaired) electrons. The molecule has 2 N–H and O–H groups in total. The molecular weight excluding hydrogens is 336 g/mol. The van der Waals surface area contributed by atoms with Crippen molar-refractivity contribution < 1.29 is 9.59 Å². The van der Waals surface area contributed by atoms with Gasteiger partial charge in [0.2, 0.25) is 16.9 Å². The van der Waals surface area contributed by atoms with Crippen molar-refractivity contribution in [3.05, 3.63) is 41.4 Å². The Morgan fingerprint density at radius 1 is 1.16 bits per heavy atom. The van der Waals surface area contributed by atoms with E-state index in [0.717, 1.165) is 6.42 Å². The zero-order valence-corrected chi connectivity index (χ0v) is 15.2. The first-order valence-electron chi connectivity index (χ1n) is 8.31. The normalized spacial score (nSPS) is 20.7.